The van der Waals surface area contributed by atoms with Gasteiger partial charge in [-0.3, -0.25) is 0 Å². The van der Waals surface area contributed by atoms with Crippen molar-refractivity contribution in [3.8, 4) is 0 Å². The van der Waals surface area contributed by atoms with Crippen LogP contribution in [0.1, 0.15) is 18.9 Å². The van der Waals surface area contributed by atoms with Crippen LogP contribution in [0.5, 0.6) is 0 Å². The van der Waals surface area contributed by atoms with Gasteiger partial charge in [-0.1, -0.05) is 19.1 Å². The number of rotatable bonds is 8. The molecule has 18 heavy (non-hydrogen) atoms. The maximum absolute atomic E-state index is 11.5. The average Bonchev–Trinajstić information content (AvgIpc) is 2.31. The largest absolute Gasteiger partial charge is 0.384 e. The molecule has 4 nitrogen and oxygen atoms in total. The Bertz CT molecular complexity index is 440. The van der Waals surface area contributed by atoms with Crippen molar-refractivity contribution in [3.63, 3.8) is 0 Å². The number of nitrogens with one attached hydrogen (secondary N) is 1. The summed E-state index contributed by atoms with van der Waals surface area (Å²) in [7, 11) is -1.24. The highest BCUT2D eigenvalue weighted by Gasteiger charge is 2.08. The Morgan fingerprint density at radius 2 is 1.83 bits per heavy atom. The Labute approximate surface area is 109 Å². The molecule has 0 amide bonds. The van der Waals surface area contributed by atoms with Gasteiger partial charge in [-0.15, -0.1) is 0 Å². The van der Waals surface area contributed by atoms with Crippen LogP contribution in [0.15, 0.2) is 24.3 Å². The molecule has 1 aromatic carbocycles. The first kappa shape index (κ1) is 15.0. The van der Waals surface area contributed by atoms with Gasteiger partial charge in [0.2, 0.25) is 0 Å². The van der Waals surface area contributed by atoms with E-state index < -0.39 is 9.84 Å². The monoisotopic (exact) mass is 271 g/mol. The molecular formula is C13H21NO3S. The molecule has 5 heteroatoms. The third kappa shape index (κ3) is 5.51. The van der Waals surface area contributed by atoms with Crippen molar-refractivity contribution >= 4 is 15.5 Å². The number of methoxy groups -OCH3 is 1. The zero-order valence-electron chi connectivity index (χ0n) is 11.0. The van der Waals surface area contributed by atoms with E-state index in [1.807, 2.05) is 31.2 Å². The van der Waals surface area contributed by atoms with Crippen molar-refractivity contribution in [2.45, 2.75) is 20.0 Å². The van der Waals surface area contributed by atoms with E-state index >= 15 is 0 Å². The van der Waals surface area contributed by atoms with Gasteiger partial charge in [-0.25, -0.2) is 8.42 Å². The third-order valence-corrected chi connectivity index (χ3v) is 4.38. The molecule has 0 saturated carbocycles. The van der Waals surface area contributed by atoms with Crippen LogP contribution in [-0.4, -0.2) is 33.6 Å². The van der Waals surface area contributed by atoms with Gasteiger partial charge in [0.15, 0.2) is 9.84 Å². The first-order valence-corrected chi connectivity index (χ1v) is 7.91. The summed E-state index contributed by atoms with van der Waals surface area (Å²) in [6.45, 7) is 2.91. The summed E-state index contributed by atoms with van der Waals surface area (Å²) in [5.41, 5.74) is 2.03. The zero-order chi connectivity index (χ0) is 13.4. The van der Waals surface area contributed by atoms with E-state index in [2.05, 4.69) is 5.32 Å². The van der Waals surface area contributed by atoms with E-state index in [9.17, 15) is 8.42 Å². The lowest BCUT2D eigenvalue weighted by molar-refractivity contribution is 0.185. The highest BCUT2D eigenvalue weighted by Crippen LogP contribution is 2.10. The molecule has 0 heterocycles. The van der Waals surface area contributed by atoms with Gasteiger partial charge in [0, 0.05) is 25.1 Å². The van der Waals surface area contributed by atoms with Gasteiger partial charge >= 0.3 is 0 Å². The summed E-state index contributed by atoms with van der Waals surface area (Å²) >= 11 is 0. The summed E-state index contributed by atoms with van der Waals surface area (Å²) in [6.07, 6.45) is 0.675. The van der Waals surface area contributed by atoms with Crippen molar-refractivity contribution in [1.82, 2.24) is 0 Å². The molecule has 0 aromatic heterocycles. The number of benzene rings is 1. The van der Waals surface area contributed by atoms with Crippen LogP contribution in [0.3, 0.4) is 0 Å². The smallest absolute Gasteiger partial charge is 0.152 e. The van der Waals surface area contributed by atoms with Crippen molar-refractivity contribution in [2.75, 3.05) is 30.5 Å². The summed E-state index contributed by atoms with van der Waals surface area (Å²) < 4.78 is 28.0. The molecule has 0 saturated heterocycles. The lowest BCUT2D eigenvalue weighted by Gasteiger charge is -2.07. The number of sulfone groups is 1. The van der Waals surface area contributed by atoms with E-state index in [0.717, 1.165) is 11.3 Å². The summed E-state index contributed by atoms with van der Waals surface area (Å²) in [4.78, 5) is 0. The second-order valence-electron chi connectivity index (χ2n) is 4.21. The Hall–Kier alpha value is -1.07. The topological polar surface area (TPSA) is 55.4 Å². The number of hydrogen-bond acceptors (Lipinski definition) is 4. The lowest BCUT2D eigenvalue weighted by Crippen LogP contribution is -2.18. The predicted octanol–water partition coefficient (Wildman–Crippen LogP) is 2.07. The van der Waals surface area contributed by atoms with Crippen molar-refractivity contribution in [1.29, 1.82) is 0 Å². The highest BCUT2D eigenvalue weighted by molar-refractivity contribution is 7.91. The second-order valence-corrected chi connectivity index (χ2v) is 6.51. The van der Waals surface area contributed by atoms with E-state index in [1.54, 1.807) is 7.11 Å². The average molecular weight is 271 g/mol. The van der Waals surface area contributed by atoms with Crippen LogP contribution in [0.2, 0.25) is 0 Å². The second kappa shape index (κ2) is 7.38. The van der Waals surface area contributed by atoms with Crippen LogP contribution < -0.4 is 5.32 Å². The van der Waals surface area contributed by atoms with Gasteiger partial charge in [-0.2, -0.15) is 0 Å². The van der Waals surface area contributed by atoms with Gasteiger partial charge in [0.05, 0.1) is 12.4 Å². The first-order valence-electron chi connectivity index (χ1n) is 6.09. The fraction of sp³-hybridized carbons (Fsp3) is 0.538. The quantitative estimate of drug-likeness (QED) is 0.786. The predicted molar refractivity (Wildman–Crippen MR) is 74.6 cm³/mol. The van der Waals surface area contributed by atoms with E-state index in [-0.39, 0.29) is 11.5 Å². The Morgan fingerprint density at radius 3 is 2.39 bits per heavy atom. The maximum atomic E-state index is 11.5. The summed E-state index contributed by atoms with van der Waals surface area (Å²) in [5, 5.41) is 3.11. The minimum Gasteiger partial charge on any atom is -0.384 e. The molecule has 1 N–H and O–H groups in total. The first-order chi connectivity index (χ1) is 8.57. The van der Waals surface area contributed by atoms with Crippen LogP contribution in [-0.2, 0) is 21.2 Å². The molecule has 0 aliphatic rings. The van der Waals surface area contributed by atoms with Crippen LogP contribution in [0.4, 0.5) is 5.69 Å². The van der Waals surface area contributed by atoms with Gasteiger partial charge in [0.25, 0.3) is 0 Å². The van der Waals surface area contributed by atoms with Crippen molar-refractivity contribution in [3.05, 3.63) is 29.8 Å². The van der Waals surface area contributed by atoms with Gasteiger partial charge in [0.1, 0.15) is 0 Å². The van der Waals surface area contributed by atoms with Crippen LogP contribution >= 0.6 is 0 Å². The van der Waals surface area contributed by atoms with Crippen molar-refractivity contribution < 1.29 is 13.2 Å². The minimum atomic E-state index is -2.90. The number of anilines is 1. The normalized spacial score (nSPS) is 11.4. The Morgan fingerprint density at radius 1 is 1.17 bits per heavy atom. The molecule has 0 spiro atoms. The Kier molecular flexibility index (Phi) is 6.15. The molecule has 0 fully saturated rings. The fourth-order valence-corrected chi connectivity index (χ4v) is 2.89. The Balaban J connectivity index is 2.40. The SMILES string of the molecule is CCCS(=O)(=O)CCNc1ccc(COC)cc1. The molecule has 1 rings (SSSR count). The zero-order valence-corrected chi connectivity index (χ0v) is 11.8. The summed E-state index contributed by atoms with van der Waals surface area (Å²) in [6, 6.07) is 7.79. The number of hydrogen-bond donors (Lipinski definition) is 1. The summed E-state index contributed by atoms with van der Waals surface area (Å²) in [5.74, 6) is 0.447. The highest BCUT2D eigenvalue weighted by atomic mass is 32.2. The molecule has 102 valence electrons. The van der Waals surface area contributed by atoms with Gasteiger partial charge < -0.3 is 10.1 Å². The van der Waals surface area contributed by atoms with E-state index in [0.29, 0.717) is 19.6 Å². The van der Waals surface area contributed by atoms with E-state index in [4.69, 9.17) is 4.74 Å². The fourth-order valence-electron chi connectivity index (χ4n) is 1.65. The number of ether oxygens (including phenoxy) is 1. The molecule has 0 aliphatic heterocycles. The molecule has 1 aromatic rings. The van der Waals surface area contributed by atoms with Crippen molar-refractivity contribution in [2.24, 2.45) is 0 Å². The lowest BCUT2D eigenvalue weighted by atomic mass is 10.2. The van der Waals surface area contributed by atoms with Gasteiger partial charge in [-0.05, 0) is 24.1 Å². The van der Waals surface area contributed by atoms with Crippen LogP contribution in [0.25, 0.3) is 0 Å². The molecule has 0 unspecified atom stereocenters. The van der Waals surface area contributed by atoms with Crippen LogP contribution in [0, 0.1) is 0 Å². The molecular weight excluding hydrogens is 250 g/mol. The molecule has 0 atom stereocenters. The maximum Gasteiger partial charge on any atom is 0.152 e. The minimum absolute atomic E-state index is 0.181. The molecule has 0 aliphatic carbocycles. The third-order valence-electron chi connectivity index (χ3n) is 2.52. The molecule has 0 radical (unpaired) electrons. The van der Waals surface area contributed by atoms with E-state index in [1.165, 1.54) is 0 Å². The standard InChI is InChI=1S/C13H21NO3S/c1-3-9-18(15,16)10-8-14-13-6-4-12(5-7-13)11-17-2/h4-7,14H,3,8-11H2,1-2H3. The molecule has 0 bridgehead atoms.